The van der Waals surface area contributed by atoms with Crippen LogP contribution in [0, 0.1) is 0 Å². The van der Waals surface area contributed by atoms with Crippen LogP contribution >= 0.6 is 12.4 Å². The zero-order valence-corrected chi connectivity index (χ0v) is 8.97. The van der Waals surface area contributed by atoms with E-state index in [1.54, 1.807) is 6.92 Å². The van der Waals surface area contributed by atoms with E-state index >= 15 is 0 Å². The van der Waals surface area contributed by atoms with Gasteiger partial charge in [-0.3, -0.25) is 20.0 Å². The minimum absolute atomic E-state index is 0. The first kappa shape index (κ1) is 13.2. The SMILES string of the molecule is C[C@@H](N)C(=O)NN1CCCCC1=O.Cl. The molecular formula is C8H16ClN3O2. The van der Waals surface area contributed by atoms with E-state index < -0.39 is 6.04 Å². The van der Waals surface area contributed by atoms with Crippen molar-refractivity contribution in [1.82, 2.24) is 10.4 Å². The Hall–Kier alpha value is -0.810. The number of carbonyl (C=O) groups is 2. The van der Waals surface area contributed by atoms with Crippen molar-refractivity contribution in [3.63, 3.8) is 0 Å². The molecule has 0 aromatic carbocycles. The molecule has 0 spiro atoms. The monoisotopic (exact) mass is 221 g/mol. The van der Waals surface area contributed by atoms with Gasteiger partial charge in [0.1, 0.15) is 0 Å². The van der Waals surface area contributed by atoms with Crippen molar-refractivity contribution in [2.75, 3.05) is 6.54 Å². The normalized spacial score (nSPS) is 18.4. The minimum atomic E-state index is -0.574. The summed E-state index contributed by atoms with van der Waals surface area (Å²) in [7, 11) is 0. The number of nitrogens with zero attached hydrogens (tertiary/aromatic N) is 1. The third-order valence-electron chi connectivity index (χ3n) is 1.98. The number of nitrogens with one attached hydrogen (secondary N) is 1. The molecule has 2 amide bonds. The highest BCUT2D eigenvalue weighted by Gasteiger charge is 2.20. The molecule has 82 valence electrons. The standard InChI is InChI=1S/C8H15N3O2.ClH/c1-6(9)8(13)10-11-5-3-2-4-7(11)12;/h6H,2-5,9H2,1H3,(H,10,13);1H/t6-;/m1./s1. The van der Waals surface area contributed by atoms with Crippen molar-refractivity contribution in [2.45, 2.75) is 32.2 Å². The van der Waals surface area contributed by atoms with E-state index in [2.05, 4.69) is 5.43 Å². The number of hydrogen-bond donors (Lipinski definition) is 2. The highest BCUT2D eigenvalue weighted by molar-refractivity contribution is 5.85. The largest absolute Gasteiger partial charge is 0.320 e. The maximum absolute atomic E-state index is 11.2. The van der Waals surface area contributed by atoms with Gasteiger partial charge in [-0.05, 0) is 19.8 Å². The van der Waals surface area contributed by atoms with Crippen molar-refractivity contribution in [3.05, 3.63) is 0 Å². The average Bonchev–Trinajstić information content (AvgIpc) is 2.08. The Bertz CT molecular complexity index is 221. The van der Waals surface area contributed by atoms with Gasteiger partial charge in [-0.25, -0.2) is 0 Å². The fraction of sp³-hybridized carbons (Fsp3) is 0.750. The molecule has 0 radical (unpaired) electrons. The Morgan fingerprint density at radius 1 is 1.57 bits per heavy atom. The van der Waals surface area contributed by atoms with E-state index in [0.717, 1.165) is 12.8 Å². The topological polar surface area (TPSA) is 75.4 Å². The van der Waals surface area contributed by atoms with Crippen molar-refractivity contribution >= 4 is 24.2 Å². The molecule has 6 heteroatoms. The molecule has 1 rings (SSSR count). The Balaban J connectivity index is 0.00000169. The number of nitrogens with two attached hydrogens (primary N) is 1. The molecule has 1 saturated heterocycles. The molecule has 1 heterocycles. The lowest BCUT2D eigenvalue weighted by atomic mass is 10.1. The second-order valence-corrected chi connectivity index (χ2v) is 3.27. The third kappa shape index (κ3) is 3.51. The van der Waals surface area contributed by atoms with Crippen molar-refractivity contribution < 1.29 is 9.59 Å². The van der Waals surface area contributed by atoms with Gasteiger partial charge in [0.05, 0.1) is 6.04 Å². The van der Waals surface area contributed by atoms with Crippen LogP contribution in [0.25, 0.3) is 0 Å². The van der Waals surface area contributed by atoms with Crippen LogP contribution in [-0.2, 0) is 9.59 Å². The van der Waals surface area contributed by atoms with E-state index in [1.807, 2.05) is 0 Å². The molecule has 0 aliphatic carbocycles. The van der Waals surface area contributed by atoms with Crippen LogP contribution in [0.5, 0.6) is 0 Å². The summed E-state index contributed by atoms with van der Waals surface area (Å²) in [5, 5.41) is 1.36. The number of hydrogen-bond acceptors (Lipinski definition) is 3. The molecule has 5 nitrogen and oxygen atoms in total. The van der Waals surface area contributed by atoms with Crippen LogP contribution in [0.4, 0.5) is 0 Å². The minimum Gasteiger partial charge on any atom is -0.320 e. The van der Waals surface area contributed by atoms with Gasteiger partial charge in [0.25, 0.3) is 5.91 Å². The van der Waals surface area contributed by atoms with E-state index in [1.165, 1.54) is 5.01 Å². The van der Waals surface area contributed by atoms with Gasteiger partial charge in [-0.1, -0.05) is 0 Å². The Morgan fingerprint density at radius 2 is 2.21 bits per heavy atom. The van der Waals surface area contributed by atoms with E-state index in [-0.39, 0.29) is 24.2 Å². The number of amides is 2. The first-order valence-corrected chi connectivity index (χ1v) is 4.47. The predicted octanol–water partition coefficient (Wildman–Crippen LogP) is -0.201. The molecule has 0 bridgehead atoms. The molecule has 3 N–H and O–H groups in total. The fourth-order valence-corrected chi connectivity index (χ4v) is 1.16. The van der Waals surface area contributed by atoms with Gasteiger partial charge in [0.2, 0.25) is 5.91 Å². The summed E-state index contributed by atoms with van der Waals surface area (Å²) in [6, 6.07) is -0.574. The van der Waals surface area contributed by atoms with Crippen LogP contribution in [0.2, 0.25) is 0 Å². The number of hydrazine groups is 1. The summed E-state index contributed by atoms with van der Waals surface area (Å²) in [6.45, 7) is 2.18. The van der Waals surface area contributed by atoms with E-state index in [9.17, 15) is 9.59 Å². The highest BCUT2D eigenvalue weighted by atomic mass is 35.5. The summed E-state index contributed by atoms with van der Waals surface area (Å²) in [4.78, 5) is 22.3. The zero-order valence-electron chi connectivity index (χ0n) is 8.16. The van der Waals surface area contributed by atoms with Crippen LogP contribution in [0.3, 0.4) is 0 Å². The molecule has 1 fully saturated rings. The van der Waals surface area contributed by atoms with Gasteiger partial charge in [-0.15, -0.1) is 12.4 Å². The number of piperidine rings is 1. The summed E-state index contributed by atoms with van der Waals surface area (Å²) in [5.41, 5.74) is 7.84. The summed E-state index contributed by atoms with van der Waals surface area (Å²) in [5.74, 6) is -0.337. The van der Waals surface area contributed by atoms with Crippen LogP contribution in [-0.4, -0.2) is 29.4 Å². The smallest absolute Gasteiger partial charge is 0.255 e. The van der Waals surface area contributed by atoms with Gasteiger partial charge in [0, 0.05) is 13.0 Å². The fourth-order valence-electron chi connectivity index (χ4n) is 1.16. The molecule has 1 aliphatic heterocycles. The zero-order chi connectivity index (χ0) is 9.84. The second kappa shape index (κ2) is 5.82. The number of rotatable bonds is 2. The lowest BCUT2D eigenvalue weighted by molar-refractivity contribution is -0.143. The van der Waals surface area contributed by atoms with Gasteiger partial charge in [-0.2, -0.15) is 0 Å². The quantitative estimate of drug-likeness (QED) is 0.678. The molecule has 1 atom stereocenters. The third-order valence-corrected chi connectivity index (χ3v) is 1.98. The second-order valence-electron chi connectivity index (χ2n) is 3.27. The number of halogens is 1. The maximum Gasteiger partial charge on any atom is 0.255 e. The van der Waals surface area contributed by atoms with Gasteiger partial charge in [0.15, 0.2) is 0 Å². The van der Waals surface area contributed by atoms with E-state index in [4.69, 9.17) is 5.73 Å². The predicted molar refractivity (Wildman–Crippen MR) is 54.6 cm³/mol. The summed E-state index contributed by atoms with van der Waals surface area (Å²) >= 11 is 0. The van der Waals surface area contributed by atoms with Crippen molar-refractivity contribution in [3.8, 4) is 0 Å². The van der Waals surface area contributed by atoms with Gasteiger partial charge >= 0.3 is 0 Å². The highest BCUT2D eigenvalue weighted by Crippen LogP contribution is 2.07. The molecule has 0 aromatic rings. The summed E-state index contributed by atoms with van der Waals surface area (Å²) < 4.78 is 0. The summed E-state index contributed by atoms with van der Waals surface area (Å²) in [6.07, 6.45) is 2.35. The van der Waals surface area contributed by atoms with Crippen LogP contribution in [0.15, 0.2) is 0 Å². The first-order valence-electron chi connectivity index (χ1n) is 4.47. The van der Waals surface area contributed by atoms with Crippen molar-refractivity contribution in [1.29, 1.82) is 0 Å². The average molecular weight is 222 g/mol. The Kier molecular flexibility index (Phi) is 5.49. The molecular weight excluding hydrogens is 206 g/mol. The lowest BCUT2D eigenvalue weighted by Crippen LogP contribution is -2.52. The number of carbonyl (C=O) groups excluding carboxylic acids is 2. The first-order chi connectivity index (χ1) is 6.11. The molecule has 1 aliphatic rings. The lowest BCUT2D eigenvalue weighted by Gasteiger charge is -2.27. The molecule has 14 heavy (non-hydrogen) atoms. The van der Waals surface area contributed by atoms with Gasteiger partial charge < -0.3 is 5.73 Å². The molecule has 0 unspecified atom stereocenters. The molecule has 0 saturated carbocycles. The van der Waals surface area contributed by atoms with E-state index in [0.29, 0.717) is 13.0 Å². The maximum atomic E-state index is 11.2. The van der Waals surface area contributed by atoms with Crippen molar-refractivity contribution in [2.24, 2.45) is 5.73 Å². The van der Waals surface area contributed by atoms with Crippen LogP contribution in [0.1, 0.15) is 26.2 Å². The van der Waals surface area contributed by atoms with Crippen LogP contribution < -0.4 is 11.2 Å². The molecule has 0 aromatic heterocycles. The Labute approximate surface area is 89.4 Å². The Morgan fingerprint density at radius 3 is 2.71 bits per heavy atom.